The maximum atomic E-state index is 13.7. The summed E-state index contributed by atoms with van der Waals surface area (Å²) in [5.74, 6) is 0.973. The quantitative estimate of drug-likeness (QED) is 0.257. The van der Waals surface area contributed by atoms with E-state index in [9.17, 15) is 4.79 Å². The summed E-state index contributed by atoms with van der Waals surface area (Å²) in [5, 5.41) is 0.499. The van der Waals surface area contributed by atoms with Gasteiger partial charge in [-0.1, -0.05) is 41.9 Å². The summed E-state index contributed by atoms with van der Waals surface area (Å²) in [6.45, 7) is 0. The van der Waals surface area contributed by atoms with Gasteiger partial charge in [-0.15, -0.1) is 0 Å². The number of oxazole rings is 1. The number of fused-ring (bicyclic) bond motifs is 1. The van der Waals surface area contributed by atoms with Gasteiger partial charge in [0.05, 0.1) is 26.9 Å². The van der Waals surface area contributed by atoms with Crippen molar-refractivity contribution in [3.05, 3.63) is 82.7 Å². The number of ether oxygens (including phenoxy) is 3. The van der Waals surface area contributed by atoms with E-state index in [1.165, 1.54) is 21.3 Å². The molecule has 1 heterocycles. The van der Waals surface area contributed by atoms with Crippen molar-refractivity contribution in [3.63, 3.8) is 0 Å². The fourth-order valence-corrected chi connectivity index (χ4v) is 3.52. The van der Waals surface area contributed by atoms with E-state index in [1.807, 2.05) is 36.4 Å². The maximum absolute atomic E-state index is 13.7. The molecular weight excluding hydrogens is 430 g/mol. The SMILES string of the molecule is COc1cc(C(=O)C(=Cc2ccccc2Cl)c2nc3ccccc3o2)cc(OC)c1OC. The lowest BCUT2D eigenvalue weighted by molar-refractivity contribution is 0.105. The number of allylic oxidation sites excluding steroid dienone is 1. The third-order valence-electron chi connectivity index (χ3n) is 4.90. The van der Waals surface area contributed by atoms with Crippen LogP contribution in [0.25, 0.3) is 22.7 Å². The summed E-state index contributed by atoms with van der Waals surface area (Å²) < 4.78 is 22.1. The molecule has 4 rings (SSSR count). The average Bonchev–Trinajstić information content (AvgIpc) is 3.26. The van der Waals surface area contributed by atoms with Gasteiger partial charge in [0.25, 0.3) is 0 Å². The minimum Gasteiger partial charge on any atom is -0.493 e. The molecule has 162 valence electrons. The average molecular weight is 450 g/mol. The second-order valence-corrected chi connectivity index (χ2v) is 7.22. The highest BCUT2D eigenvalue weighted by atomic mass is 35.5. The molecular formula is C25H20ClNO5. The Morgan fingerprint density at radius 3 is 2.22 bits per heavy atom. The summed E-state index contributed by atoms with van der Waals surface area (Å²) in [6.07, 6.45) is 1.67. The minimum absolute atomic E-state index is 0.185. The Hall–Kier alpha value is -3.77. The van der Waals surface area contributed by atoms with Crippen LogP contribution in [0.3, 0.4) is 0 Å². The van der Waals surface area contributed by atoms with Crippen molar-refractivity contribution in [3.8, 4) is 17.2 Å². The fourth-order valence-electron chi connectivity index (χ4n) is 3.33. The predicted octanol–water partition coefficient (Wildman–Crippen LogP) is 5.93. The van der Waals surface area contributed by atoms with Crippen LogP contribution in [0.15, 0.2) is 65.1 Å². The van der Waals surface area contributed by atoms with Crippen LogP contribution in [0, 0.1) is 0 Å². The van der Waals surface area contributed by atoms with Crippen molar-refractivity contribution < 1.29 is 23.4 Å². The number of halogens is 1. The number of methoxy groups -OCH3 is 3. The fraction of sp³-hybridized carbons (Fsp3) is 0.120. The molecule has 0 saturated heterocycles. The van der Waals surface area contributed by atoms with E-state index in [0.717, 1.165) is 0 Å². The van der Waals surface area contributed by atoms with Crippen LogP contribution >= 0.6 is 11.6 Å². The van der Waals surface area contributed by atoms with Crippen LogP contribution in [0.2, 0.25) is 5.02 Å². The lowest BCUT2D eigenvalue weighted by atomic mass is 10.00. The van der Waals surface area contributed by atoms with Gasteiger partial charge in [0, 0.05) is 10.6 Å². The third kappa shape index (κ3) is 4.05. The highest BCUT2D eigenvalue weighted by Crippen LogP contribution is 2.39. The molecule has 0 aliphatic rings. The van der Waals surface area contributed by atoms with Gasteiger partial charge in [-0.05, 0) is 42.0 Å². The summed E-state index contributed by atoms with van der Waals surface area (Å²) in [7, 11) is 4.49. The molecule has 0 aliphatic carbocycles. The molecule has 0 saturated carbocycles. The lowest BCUT2D eigenvalue weighted by Gasteiger charge is -2.14. The first-order valence-electron chi connectivity index (χ1n) is 9.72. The van der Waals surface area contributed by atoms with Crippen LogP contribution < -0.4 is 14.2 Å². The first kappa shape index (κ1) is 21.5. The maximum Gasteiger partial charge on any atom is 0.231 e. The first-order valence-corrected chi connectivity index (χ1v) is 10.1. The molecule has 3 aromatic carbocycles. The van der Waals surface area contributed by atoms with Gasteiger partial charge in [0.1, 0.15) is 5.52 Å². The summed E-state index contributed by atoms with van der Waals surface area (Å²) >= 11 is 6.36. The zero-order valence-electron chi connectivity index (χ0n) is 17.7. The Morgan fingerprint density at radius 2 is 1.59 bits per heavy atom. The van der Waals surface area contributed by atoms with Gasteiger partial charge in [-0.25, -0.2) is 4.98 Å². The van der Waals surface area contributed by atoms with Crippen LogP contribution in [0.4, 0.5) is 0 Å². The molecule has 0 aliphatic heterocycles. The van der Waals surface area contributed by atoms with Crippen molar-refractivity contribution in [2.45, 2.75) is 0 Å². The topological polar surface area (TPSA) is 70.8 Å². The van der Waals surface area contributed by atoms with Gasteiger partial charge in [0.2, 0.25) is 11.6 Å². The lowest BCUT2D eigenvalue weighted by Crippen LogP contribution is -2.06. The molecule has 4 aromatic rings. The number of hydrogen-bond donors (Lipinski definition) is 0. The number of benzene rings is 3. The van der Waals surface area contributed by atoms with Crippen LogP contribution in [0.1, 0.15) is 21.8 Å². The Kier molecular flexibility index (Phi) is 6.14. The van der Waals surface area contributed by atoms with Crippen molar-refractivity contribution in [2.24, 2.45) is 0 Å². The zero-order chi connectivity index (χ0) is 22.7. The Labute approximate surface area is 190 Å². The van der Waals surface area contributed by atoms with Crippen molar-refractivity contribution >= 4 is 40.1 Å². The number of carbonyl (C=O) groups excluding carboxylic acids is 1. The number of hydrogen-bond acceptors (Lipinski definition) is 6. The molecule has 32 heavy (non-hydrogen) atoms. The number of nitrogens with zero attached hydrogens (tertiary/aromatic N) is 1. The van der Waals surface area contributed by atoms with Crippen LogP contribution in [0.5, 0.6) is 17.2 Å². The monoisotopic (exact) mass is 449 g/mol. The molecule has 0 atom stereocenters. The summed E-state index contributed by atoms with van der Waals surface area (Å²) in [4.78, 5) is 18.2. The second-order valence-electron chi connectivity index (χ2n) is 6.81. The van der Waals surface area contributed by atoms with Crippen molar-refractivity contribution in [1.82, 2.24) is 4.98 Å². The number of para-hydroxylation sites is 2. The van der Waals surface area contributed by atoms with Gasteiger partial charge in [-0.2, -0.15) is 0 Å². The summed E-state index contributed by atoms with van der Waals surface area (Å²) in [5.41, 5.74) is 2.44. The highest BCUT2D eigenvalue weighted by Gasteiger charge is 2.24. The standard InChI is InChI=1S/C25H20ClNO5/c1-29-21-13-16(14-22(30-2)24(21)31-3)23(28)17(12-15-8-4-5-9-18(15)26)25-27-19-10-6-7-11-20(19)32-25/h4-14H,1-3H3. The smallest absolute Gasteiger partial charge is 0.231 e. The molecule has 0 radical (unpaired) electrons. The van der Waals surface area contributed by atoms with Gasteiger partial charge in [-0.3, -0.25) is 4.79 Å². The molecule has 0 amide bonds. The molecule has 1 aromatic heterocycles. The molecule has 0 unspecified atom stereocenters. The number of rotatable bonds is 7. The van der Waals surface area contributed by atoms with E-state index in [-0.39, 0.29) is 17.2 Å². The van der Waals surface area contributed by atoms with Gasteiger partial charge < -0.3 is 18.6 Å². The number of carbonyl (C=O) groups is 1. The minimum atomic E-state index is -0.337. The van der Waals surface area contributed by atoms with Crippen molar-refractivity contribution in [1.29, 1.82) is 0 Å². The molecule has 0 N–H and O–H groups in total. The Balaban J connectivity index is 1.90. The molecule has 7 heteroatoms. The zero-order valence-corrected chi connectivity index (χ0v) is 18.5. The van der Waals surface area contributed by atoms with E-state index in [2.05, 4.69) is 4.98 Å². The van der Waals surface area contributed by atoms with E-state index in [1.54, 1.807) is 30.3 Å². The van der Waals surface area contributed by atoms with Crippen LogP contribution in [-0.4, -0.2) is 32.1 Å². The Morgan fingerprint density at radius 1 is 0.938 bits per heavy atom. The predicted molar refractivity (Wildman–Crippen MR) is 124 cm³/mol. The number of ketones is 1. The molecule has 0 spiro atoms. The molecule has 0 bridgehead atoms. The number of Topliss-reactive ketones (excluding diaryl/α,β-unsaturated/α-hetero) is 1. The van der Waals surface area contributed by atoms with E-state index >= 15 is 0 Å². The van der Waals surface area contributed by atoms with Gasteiger partial charge >= 0.3 is 0 Å². The summed E-state index contributed by atoms with van der Waals surface area (Å²) in [6, 6.07) is 17.7. The molecule has 0 fully saturated rings. The largest absolute Gasteiger partial charge is 0.493 e. The van der Waals surface area contributed by atoms with E-state index in [0.29, 0.717) is 44.5 Å². The number of aromatic nitrogens is 1. The highest BCUT2D eigenvalue weighted by molar-refractivity contribution is 6.35. The third-order valence-corrected chi connectivity index (χ3v) is 5.25. The second kappa shape index (κ2) is 9.16. The van der Waals surface area contributed by atoms with Crippen LogP contribution in [-0.2, 0) is 0 Å². The van der Waals surface area contributed by atoms with E-state index < -0.39 is 0 Å². The molecule has 6 nitrogen and oxygen atoms in total. The first-order chi connectivity index (χ1) is 15.5. The normalized spacial score (nSPS) is 11.4. The van der Waals surface area contributed by atoms with Gasteiger partial charge in [0.15, 0.2) is 22.9 Å². The Bertz CT molecular complexity index is 1270. The van der Waals surface area contributed by atoms with E-state index in [4.69, 9.17) is 30.2 Å². The van der Waals surface area contributed by atoms with Crippen molar-refractivity contribution in [2.75, 3.05) is 21.3 Å².